The number of hydrogen-bond acceptors (Lipinski definition) is 3. The highest BCUT2D eigenvalue weighted by Crippen LogP contribution is 2.15. The fraction of sp³-hybridized carbons (Fsp3) is 0.842. The average Bonchev–Trinajstić information content (AvgIpc) is 2.44. The summed E-state index contributed by atoms with van der Waals surface area (Å²) in [6.07, 6.45) is 11.6. The van der Waals surface area contributed by atoms with Crippen LogP contribution < -0.4 is 0 Å². The minimum Gasteiger partial charge on any atom is -0.462 e. The van der Waals surface area contributed by atoms with E-state index in [1.165, 1.54) is 57.9 Å². The summed E-state index contributed by atoms with van der Waals surface area (Å²) in [6.45, 7) is 9.26. The number of nitrogens with zero attached hydrogens (tertiary/aromatic N) is 1. The Morgan fingerprint density at radius 2 is 1.55 bits per heavy atom. The molecule has 0 amide bonds. The molecule has 22 heavy (non-hydrogen) atoms. The van der Waals surface area contributed by atoms with Crippen LogP contribution in [0.4, 0.5) is 0 Å². The molecule has 0 radical (unpaired) electrons. The smallest absolute Gasteiger partial charge is 0.333 e. The summed E-state index contributed by atoms with van der Waals surface area (Å²) in [6, 6.07) is 0. The zero-order valence-electron chi connectivity index (χ0n) is 15.3. The number of carbonyl (C=O) groups is 1. The van der Waals surface area contributed by atoms with Gasteiger partial charge in [0, 0.05) is 5.57 Å². The molecule has 0 rings (SSSR count). The molecule has 130 valence electrons. The Balaban J connectivity index is 3.30. The van der Waals surface area contributed by atoms with Gasteiger partial charge in [0.1, 0.15) is 0 Å². The summed E-state index contributed by atoms with van der Waals surface area (Å²) in [5.74, 6) is 0.375. The van der Waals surface area contributed by atoms with E-state index in [0.717, 1.165) is 6.42 Å². The lowest BCUT2D eigenvalue weighted by molar-refractivity contribution is -0.139. The van der Waals surface area contributed by atoms with Crippen LogP contribution in [0.5, 0.6) is 0 Å². The van der Waals surface area contributed by atoms with Crippen molar-refractivity contribution in [2.45, 2.75) is 71.6 Å². The number of esters is 1. The van der Waals surface area contributed by atoms with Gasteiger partial charge in [0.05, 0.1) is 6.61 Å². The van der Waals surface area contributed by atoms with Gasteiger partial charge in [-0.05, 0) is 46.3 Å². The predicted octanol–water partition coefficient (Wildman–Crippen LogP) is 4.81. The quantitative estimate of drug-likeness (QED) is 0.262. The number of rotatable bonds is 14. The minimum absolute atomic E-state index is 0.263. The van der Waals surface area contributed by atoms with Gasteiger partial charge in [0.25, 0.3) is 0 Å². The molecule has 3 heteroatoms. The molecule has 0 aromatic rings. The van der Waals surface area contributed by atoms with E-state index in [4.69, 9.17) is 4.74 Å². The number of ether oxygens (including phenoxy) is 1. The summed E-state index contributed by atoms with van der Waals surface area (Å²) >= 11 is 0. The van der Waals surface area contributed by atoms with Gasteiger partial charge in [-0.3, -0.25) is 0 Å². The zero-order valence-corrected chi connectivity index (χ0v) is 15.3. The van der Waals surface area contributed by atoms with Crippen molar-refractivity contribution in [3.05, 3.63) is 12.2 Å². The molecule has 0 bridgehead atoms. The van der Waals surface area contributed by atoms with Gasteiger partial charge in [-0.25, -0.2) is 4.79 Å². The van der Waals surface area contributed by atoms with Crippen LogP contribution in [0.25, 0.3) is 0 Å². The molecular weight excluding hydrogens is 274 g/mol. The van der Waals surface area contributed by atoms with E-state index in [1.54, 1.807) is 6.92 Å². The minimum atomic E-state index is -0.263. The van der Waals surface area contributed by atoms with E-state index in [1.807, 2.05) is 0 Å². The highest BCUT2D eigenvalue weighted by atomic mass is 16.5. The molecule has 1 atom stereocenters. The summed E-state index contributed by atoms with van der Waals surface area (Å²) in [5.41, 5.74) is 0.484. The number of unbranched alkanes of at least 4 members (excludes halogenated alkanes) is 6. The van der Waals surface area contributed by atoms with Crippen molar-refractivity contribution in [2.75, 3.05) is 27.2 Å². The van der Waals surface area contributed by atoms with E-state index in [9.17, 15) is 4.79 Å². The van der Waals surface area contributed by atoms with Crippen molar-refractivity contribution < 1.29 is 9.53 Å². The summed E-state index contributed by atoms with van der Waals surface area (Å²) in [7, 11) is 4.28. The van der Waals surface area contributed by atoms with Crippen molar-refractivity contribution in [3.8, 4) is 0 Å². The SMILES string of the molecule is C=C(C)C(=O)OCCC(C)CCCCCCCCCN(C)C. The molecule has 0 N–H and O–H groups in total. The Bertz CT molecular complexity index is 300. The Morgan fingerprint density at radius 3 is 2.09 bits per heavy atom. The third-order valence-electron chi connectivity index (χ3n) is 3.99. The molecule has 0 aliphatic carbocycles. The van der Waals surface area contributed by atoms with Gasteiger partial charge < -0.3 is 9.64 Å². The van der Waals surface area contributed by atoms with Crippen molar-refractivity contribution >= 4 is 5.97 Å². The molecule has 1 unspecified atom stereocenters. The van der Waals surface area contributed by atoms with Gasteiger partial charge in [-0.2, -0.15) is 0 Å². The summed E-state index contributed by atoms with van der Waals surface area (Å²) < 4.78 is 5.13. The molecule has 0 heterocycles. The lowest BCUT2D eigenvalue weighted by Crippen LogP contribution is -2.12. The van der Waals surface area contributed by atoms with Crippen molar-refractivity contribution in [3.63, 3.8) is 0 Å². The Labute approximate surface area is 138 Å². The lowest BCUT2D eigenvalue weighted by Gasteiger charge is -2.11. The Hall–Kier alpha value is -0.830. The second-order valence-corrected chi connectivity index (χ2v) is 6.88. The molecule has 0 aliphatic rings. The molecule has 0 spiro atoms. The molecule has 0 aliphatic heterocycles. The Kier molecular flexibility index (Phi) is 13.3. The topological polar surface area (TPSA) is 29.5 Å². The monoisotopic (exact) mass is 311 g/mol. The number of hydrogen-bond donors (Lipinski definition) is 0. The largest absolute Gasteiger partial charge is 0.462 e. The Morgan fingerprint density at radius 1 is 1.00 bits per heavy atom. The predicted molar refractivity (Wildman–Crippen MR) is 95.0 cm³/mol. The highest BCUT2D eigenvalue weighted by molar-refractivity contribution is 5.86. The fourth-order valence-electron chi connectivity index (χ4n) is 2.43. The van der Waals surface area contributed by atoms with Gasteiger partial charge in [-0.15, -0.1) is 0 Å². The van der Waals surface area contributed by atoms with Crippen molar-refractivity contribution in [1.29, 1.82) is 0 Å². The van der Waals surface area contributed by atoms with E-state index in [-0.39, 0.29) is 5.97 Å². The van der Waals surface area contributed by atoms with Crippen LogP contribution in [-0.4, -0.2) is 38.1 Å². The van der Waals surface area contributed by atoms with Crippen molar-refractivity contribution in [2.24, 2.45) is 5.92 Å². The van der Waals surface area contributed by atoms with Crippen molar-refractivity contribution in [1.82, 2.24) is 4.90 Å². The first-order valence-corrected chi connectivity index (χ1v) is 8.90. The average molecular weight is 312 g/mol. The van der Waals surface area contributed by atoms with Crippen LogP contribution in [0, 0.1) is 5.92 Å². The molecule has 0 fully saturated rings. The van der Waals surface area contributed by atoms with Gasteiger partial charge in [0.15, 0.2) is 0 Å². The molecule has 0 saturated carbocycles. The fourth-order valence-corrected chi connectivity index (χ4v) is 2.43. The first kappa shape index (κ1) is 21.2. The second kappa shape index (κ2) is 13.8. The van der Waals surface area contributed by atoms with Crippen LogP contribution in [0.15, 0.2) is 12.2 Å². The molecule has 0 aromatic carbocycles. The van der Waals surface area contributed by atoms with E-state index in [2.05, 4.69) is 32.5 Å². The van der Waals surface area contributed by atoms with Crippen LogP contribution in [0.3, 0.4) is 0 Å². The van der Waals surface area contributed by atoms with E-state index >= 15 is 0 Å². The van der Waals surface area contributed by atoms with Gasteiger partial charge >= 0.3 is 5.97 Å². The second-order valence-electron chi connectivity index (χ2n) is 6.88. The third-order valence-corrected chi connectivity index (χ3v) is 3.99. The van der Waals surface area contributed by atoms with E-state index in [0.29, 0.717) is 18.1 Å². The molecule has 0 saturated heterocycles. The van der Waals surface area contributed by atoms with Gasteiger partial charge in [0.2, 0.25) is 0 Å². The molecular formula is C19H37NO2. The first-order valence-electron chi connectivity index (χ1n) is 8.90. The van der Waals surface area contributed by atoms with Crippen LogP contribution >= 0.6 is 0 Å². The maximum Gasteiger partial charge on any atom is 0.333 e. The summed E-state index contributed by atoms with van der Waals surface area (Å²) in [5, 5.41) is 0. The maximum atomic E-state index is 11.2. The standard InChI is InChI=1S/C19H37NO2/c1-17(2)19(21)22-16-14-18(3)13-11-9-7-6-8-10-12-15-20(4)5/h18H,1,6-16H2,2-5H3. The van der Waals surface area contributed by atoms with Crippen LogP contribution in [0.2, 0.25) is 0 Å². The first-order chi connectivity index (χ1) is 10.4. The normalized spacial score (nSPS) is 12.4. The summed E-state index contributed by atoms with van der Waals surface area (Å²) in [4.78, 5) is 13.5. The zero-order chi connectivity index (χ0) is 16.8. The maximum absolute atomic E-state index is 11.2. The third kappa shape index (κ3) is 14.1. The van der Waals surface area contributed by atoms with Gasteiger partial charge in [-0.1, -0.05) is 58.4 Å². The lowest BCUT2D eigenvalue weighted by atomic mass is 9.99. The van der Waals surface area contributed by atoms with Crippen LogP contribution in [0.1, 0.15) is 71.6 Å². The molecule has 0 aromatic heterocycles. The highest BCUT2D eigenvalue weighted by Gasteiger charge is 2.06. The molecule has 3 nitrogen and oxygen atoms in total. The number of carbonyl (C=O) groups excluding carboxylic acids is 1. The van der Waals surface area contributed by atoms with E-state index < -0.39 is 0 Å². The van der Waals surface area contributed by atoms with Crippen LogP contribution in [-0.2, 0) is 9.53 Å².